The van der Waals surface area contributed by atoms with Crippen molar-refractivity contribution in [2.75, 3.05) is 6.54 Å². The Balaban J connectivity index is 2.49. The fourth-order valence-electron chi connectivity index (χ4n) is 1.73. The smallest absolute Gasteiger partial charge is 0.224 e. The van der Waals surface area contributed by atoms with E-state index in [2.05, 4.69) is 12.2 Å². The second-order valence-corrected chi connectivity index (χ2v) is 4.14. The summed E-state index contributed by atoms with van der Waals surface area (Å²) >= 11 is 0. The predicted octanol–water partition coefficient (Wildman–Crippen LogP) is 1.18. The van der Waals surface area contributed by atoms with E-state index >= 15 is 0 Å². The van der Waals surface area contributed by atoms with Crippen LogP contribution in [-0.4, -0.2) is 23.6 Å². The van der Waals surface area contributed by atoms with Gasteiger partial charge in [0.2, 0.25) is 5.91 Å². The van der Waals surface area contributed by atoms with Gasteiger partial charge in [-0.1, -0.05) is 25.5 Å². The van der Waals surface area contributed by atoms with Crippen LogP contribution in [-0.2, 0) is 11.2 Å². The monoisotopic (exact) mass is 236 g/mol. The molecule has 0 aliphatic carbocycles. The van der Waals surface area contributed by atoms with Crippen LogP contribution in [0.2, 0.25) is 0 Å². The Bertz CT molecular complexity index is 366. The van der Waals surface area contributed by atoms with E-state index in [1.165, 1.54) is 0 Å². The maximum absolute atomic E-state index is 11.7. The average molecular weight is 236 g/mol. The molecular formula is C13H20N2O2. The Morgan fingerprint density at radius 2 is 2.29 bits per heavy atom. The van der Waals surface area contributed by atoms with Crippen LogP contribution in [0.1, 0.15) is 25.3 Å². The number of rotatable bonds is 6. The summed E-state index contributed by atoms with van der Waals surface area (Å²) in [6.45, 7) is 2.52. The van der Waals surface area contributed by atoms with Crippen molar-refractivity contribution in [2.24, 2.45) is 5.73 Å². The first-order valence-corrected chi connectivity index (χ1v) is 5.93. The number of carbonyl (C=O) groups excluding carboxylic acids is 1. The van der Waals surface area contributed by atoms with Gasteiger partial charge in [0.25, 0.3) is 0 Å². The van der Waals surface area contributed by atoms with Crippen LogP contribution in [0.3, 0.4) is 0 Å². The first kappa shape index (κ1) is 13.5. The second kappa shape index (κ2) is 6.91. The highest BCUT2D eigenvalue weighted by atomic mass is 16.3. The molecule has 0 saturated carbocycles. The lowest BCUT2D eigenvalue weighted by molar-refractivity contribution is -0.121. The van der Waals surface area contributed by atoms with Crippen molar-refractivity contribution in [1.82, 2.24) is 5.32 Å². The standard InChI is InChI=1S/C13H20N2O2/c1-2-4-11(9-14)15-13(17)8-10-5-3-6-12(16)7-10/h3,5-7,11,16H,2,4,8-9,14H2,1H3,(H,15,17). The number of aromatic hydroxyl groups is 1. The Labute approximate surface area is 102 Å². The quantitative estimate of drug-likeness (QED) is 0.694. The van der Waals surface area contributed by atoms with E-state index in [9.17, 15) is 9.90 Å². The molecule has 0 aromatic heterocycles. The van der Waals surface area contributed by atoms with Crippen LogP contribution < -0.4 is 11.1 Å². The van der Waals surface area contributed by atoms with Crippen molar-refractivity contribution in [3.8, 4) is 5.75 Å². The van der Waals surface area contributed by atoms with Crippen LogP contribution in [0.4, 0.5) is 0 Å². The molecule has 17 heavy (non-hydrogen) atoms. The molecule has 1 unspecified atom stereocenters. The minimum absolute atomic E-state index is 0.0461. The van der Waals surface area contributed by atoms with E-state index in [4.69, 9.17) is 5.73 Å². The molecule has 1 rings (SSSR count). The van der Waals surface area contributed by atoms with Crippen LogP contribution in [0.15, 0.2) is 24.3 Å². The van der Waals surface area contributed by atoms with E-state index in [1.54, 1.807) is 18.2 Å². The van der Waals surface area contributed by atoms with E-state index < -0.39 is 0 Å². The van der Waals surface area contributed by atoms with Gasteiger partial charge in [-0.05, 0) is 24.1 Å². The lowest BCUT2D eigenvalue weighted by atomic mass is 10.1. The Hall–Kier alpha value is -1.55. The Morgan fingerprint density at radius 3 is 2.88 bits per heavy atom. The number of carbonyl (C=O) groups is 1. The van der Waals surface area contributed by atoms with Crippen molar-refractivity contribution < 1.29 is 9.90 Å². The molecule has 0 radical (unpaired) electrons. The molecule has 1 amide bonds. The molecule has 1 aromatic carbocycles. The van der Waals surface area contributed by atoms with Gasteiger partial charge in [-0.2, -0.15) is 0 Å². The zero-order valence-electron chi connectivity index (χ0n) is 10.1. The maximum Gasteiger partial charge on any atom is 0.224 e. The number of benzene rings is 1. The van der Waals surface area contributed by atoms with Crippen molar-refractivity contribution in [3.05, 3.63) is 29.8 Å². The molecule has 0 spiro atoms. The molecule has 0 saturated heterocycles. The SMILES string of the molecule is CCCC(CN)NC(=O)Cc1cccc(O)c1. The number of amides is 1. The second-order valence-electron chi connectivity index (χ2n) is 4.14. The molecule has 94 valence electrons. The highest BCUT2D eigenvalue weighted by Gasteiger charge is 2.10. The molecule has 1 aromatic rings. The van der Waals surface area contributed by atoms with Crippen LogP contribution in [0.5, 0.6) is 5.75 Å². The Kier molecular flexibility index (Phi) is 5.49. The molecule has 1 atom stereocenters. The highest BCUT2D eigenvalue weighted by Crippen LogP contribution is 2.11. The van der Waals surface area contributed by atoms with Gasteiger partial charge in [-0.15, -0.1) is 0 Å². The lowest BCUT2D eigenvalue weighted by Crippen LogP contribution is -2.40. The summed E-state index contributed by atoms with van der Waals surface area (Å²) in [6.07, 6.45) is 2.16. The van der Waals surface area contributed by atoms with Gasteiger partial charge in [0.15, 0.2) is 0 Å². The summed E-state index contributed by atoms with van der Waals surface area (Å²) in [5, 5.41) is 12.2. The number of hydrogen-bond donors (Lipinski definition) is 3. The van der Waals surface area contributed by atoms with Gasteiger partial charge in [0, 0.05) is 12.6 Å². The summed E-state index contributed by atoms with van der Waals surface area (Å²) in [5.41, 5.74) is 6.37. The van der Waals surface area contributed by atoms with E-state index in [-0.39, 0.29) is 24.1 Å². The minimum Gasteiger partial charge on any atom is -0.508 e. The number of nitrogens with one attached hydrogen (secondary N) is 1. The van der Waals surface area contributed by atoms with Gasteiger partial charge in [-0.25, -0.2) is 0 Å². The largest absolute Gasteiger partial charge is 0.508 e. The zero-order chi connectivity index (χ0) is 12.7. The summed E-state index contributed by atoms with van der Waals surface area (Å²) < 4.78 is 0. The molecule has 4 N–H and O–H groups in total. The number of phenols is 1. The molecule has 0 aliphatic heterocycles. The summed E-state index contributed by atoms with van der Waals surface area (Å²) in [7, 11) is 0. The summed E-state index contributed by atoms with van der Waals surface area (Å²) in [5.74, 6) is 0.124. The number of phenolic OH excluding ortho intramolecular Hbond substituents is 1. The molecule has 0 aliphatic rings. The number of nitrogens with two attached hydrogens (primary N) is 1. The lowest BCUT2D eigenvalue weighted by Gasteiger charge is -2.15. The van der Waals surface area contributed by atoms with Gasteiger partial charge in [-0.3, -0.25) is 4.79 Å². The van der Waals surface area contributed by atoms with Gasteiger partial charge in [0.05, 0.1) is 6.42 Å². The van der Waals surface area contributed by atoms with Crippen LogP contribution in [0.25, 0.3) is 0 Å². The summed E-state index contributed by atoms with van der Waals surface area (Å²) in [6, 6.07) is 6.77. The first-order valence-electron chi connectivity index (χ1n) is 5.93. The third-order valence-corrected chi connectivity index (χ3v) is 2.56. The van der Waals surface area contributed by atoms with Crippen LogP contribution >= 0.6 is 0 Å². The Morgan fingerprint density at radius 1 is 1.53 bits per heavy atom. The van der Waals surface area contributed by atoms with Crippen molar-refractivity contribution in [2.45, 2.75) is 32.2 Å². The zero-order valence-corrected chi connectivity index (χ0v) is 10.1. The average Bonchev–Trinajstić information content (AvgIpc) is 2.28. The molecule has 4 nitrogen and oxygen atoms in total. The molecular weight excluding hydrogens is 216 g/mol. The summed E-state index contributed by atoms with van der Waals surface area (Å²) in [4.78, 5) is 11.7. The molecule has 0 heterocycles. The van der Waals surface area contributed by atoms with Crippen LogP contribution in [0, 0.1) is 0 Å². The predicted molar refractivity (Wildman–Crippen MR) is 67.7 cm³/mol. The van der Waals surface area contributed by atoms with E-state index in [0.29, 0.717) is 6.54 Å². The fourth-order valence-corrected chi connectivity index (χ4v) is 1.73. The number of hydrogen-bond acceptors (Lipinski definition) is 3. The highest BCUT2D eigenvalue weighted by molar-refractivity contribution is 5.79. The fraction of sp³-hybridized carbons (Fsp3) is 0.462. The van der Waals surface area contributed by atoms with Crippen molar-refractivity contribution in [1.29, 1.82) is 0 Å². The van der Waals surface area contributed by atoms with Crippen molar-refractivity contribution >= 4 is 5.91 Å². The minimum atomic E-state index is -0.0560. The third kappa shape index (κ3) is 4.87. The first-order chi connectivity index (χ1) is 8.15. The van der Waals surface area contributed by atoms with Gasteiger partial charge < -0.3 is 16.2 Å². The third-order valence-electron chi connectivity index (χ3n) is 2.56. The van der Waals surface area contributed by atoms with Gasteiger partial charge in [0.1, 0.15) is 5.75 Å². The van der Waals surface area contributed by atoms with Gasteiger partial charge >= 0.3 is 0 Å². The normalized spacial score (nSPS) is 12.1. The van der Waals surface area contributed by atoms with E-state index in [0.717, 1.165) is 18.4 Å². The molecule has 4 heteroatoms. The molecule has 0 fully saturated rings. The maximum atomic E-state index is 11.7. The van der Waals surface area contributed by atoms with E-state index in [1.807, 2.05) is 6.07 Å². The molecule has 0 bridgehead atoms. The van der Waals surface area contributed by atoms with Crippen molar-refractivity contribution in [3.63, 3.8) is 0 Å². The topological polar surface area (TPSA) is 75.3 Å².